The normalized spacial score (nSPS) is 13.9. The average molecular weight is 906 g/mol. The number of allylic oxidation sites excluding steroid dienone is 13. The number of hydrogen-bond acceptors (Lipinski definition) is 5. The molecule has 0 spiro atoms. The number of esters is 1. The molecule has 0 bridgehead atoms. The summed E-state index contributed by atoms with van der Waals surface area (Å²) in [4.78, 5) is 26.1. The molecule has 0 saturated heterocycles. The van der Waals surface area contributed by atoms with Crippen molar-refractivity contribution in [2.75, 3.05) is 6.61 Å². The largest absolute Gasteiger partial charge is 0.458 e. The van der Waals surface area contributed by atoms with Gasteiger partial charge in [0, 0.05) is 6.42 Å². The van der Waals surface area contributed by atoms with Crippen LogP contribution < -0.4 is 5.32 Å². The van der Waals surface area contributed by atoms with Gasteiger partial charge in [-0.25, -0.2) is 0 Å². The van der Waals surface area contributed by atoms with Gasteiger partial charge in [0.05, 0.1) is 25.2 Å². The summed E-state index contributed by atoms with van der Waals surface area (Å²) in [5.41, 5.74) is 0. The first-order chi connectivity index (χ1) is 32.0. The molecular formula is C59H103NO5. The highest BCUT2D eigenvalue weighted by molar-refractivity contribution is 5.78. The summed E-state index contributed by atoms with van der Waals surface area (Å²) >= 11 is 0. The Morgan fingerprint density at radius 2 is 0.862 bits per heavy atom. The zero-order valence-corrected chi connectivity index (χ0v) is 42.6. The van der Waals surface area contributed by atoms with E-state index >= 15 is 0 Å². The first-order valence-corrected chi connectivity index (χ1v) is 27.3. The molecule has 0 fully saturated rings. The molecule has 0 aromatic heterocycles. The quantitative estimate of drug-likeness (QED) is 0.0321. The van der Waals surface area contributed by atoms with Crippen molar-refractivity contribution in [3.05, 3.63) is 85.1 Å². The van der Waals surface area contributed by atoms with Gasteiger partial charge >= 0.3 is 5.97 Å². The number of ether oxygens (including phenoxy) is 1. The van der Waals surface area contributed by atoms with Gasteiger partial charge in [-0.15, -0.1) is 0 Å². The van der Waals surface area contributed by atoms with E-state index in [1.807, 2.05) is 6.08 Å². The molecular weight excluding hydrogens is 803 g/mol. The van der Waals surface area contributed by atoms with Crippen molar-refractivity contribution in [3.8, 4) is 0 Å². The van der Waals surface area contributed by atoms with Crippen LogP contribution in [-0.4, -0.2) is 46.9 Å². The van der Waals surface area contributed by atoms with E-state index in [-0.39, 0.29) is 24.9 Å². The van der Waals surface area contributed by atoms with Crippen LogP contribution in [0.5, 0.6) is 0 Å². The Kier molecular flexibility index (Phi) is 49.6. The number of aliphatic hydroxyl groups excluding tert-OH is 2. The molecule has 374 valence electrons. The van der Waals surface area contributed by atoms with Crippen molar-refractivity contribution in [2.24, 2.45) is 0 Å². The lowest BCUT2D eigenvalue weighted by Gasteiger charge is -2.23. The Morgan fingerprint density at radius 1 is 0.477 bits per heavy atom. The SMILES string of the molecule is CC/C=C\C/C=C\C/C=C\C/C=C\C/C=C\C/C=C\C(CC(=O)NC(CO)C(O)CCCCCCCCCCCCCCC)OC(=O)CCCCCCC/C=C/CCCCCCCCC. The molecule has 0 aliphatic heterocycles. The summed E-state index contributed by atoms with van der Waals surface area (Å²) in [6, 6.07) is -0.748. The van der Waals surface area contributed by atoms with Crippen LogP contribution in [0.2, 0.25) is 0 Å². The monoisotopic (exact) mass is 906 g/mol. The number of nitrogens with one attached hydrogen (secondary N) is 1. The second-order valence-electron chi connectivity index (χ2n) is 18.2. The fourth-order valence-corrected chi connectivity index (χ4v) is 7.83. The van der Waals surface area contributed by atoms with Crippen molar-refractivity contribution in [3.63, 3.8) is 0 Å². The van der Waals surface area contributed by atoms with Crippen LogP contribution in [-0.2, 0) is 14.3 Å². The molecule has 0 heterocycles. The Morgan fingerprint density at radius 3 is 1.29 bits per heavy atom. The summed E-state index contributed by atoms with van der Waals surface area (Å²) in [5.74, 6) is -0.640. The van der Waals surface area contributed by atoms with Crippen LogP contribution in [0.4, 0.5) is 0 Å². The predicted molar refractivity (Wildman–Crippen MR) is 282 cm³/mol. The van der Waals surface area contributed by atoms with E-state index in [4.69, 9.17) is 4.74 Å². The van der Waals surface area contributed by atoms with Crippen LogP contribution in [0.3, 0.4) is 0 Å². The third kappa shape index (κ3) is 47.3. The molecule has 65 heavy (non-hydrogen) atoms. The second-order valence-corrected chi connectivity index (χ2v) is 18.2. The highest BCUT2D eigenvalue weighted by atomic mass is 16.5. The number of hydrogen-bond donors (Lipinski definition) is 3. The second kappa shape index (κ2) is 52.0. The van der Waals surface area contributed by atoms with Gasteiger partial charge in [0.15, 0.2) is 0 Å². The standard InChI is InChI=1S/C59H103NO5/c1-4-7-10-13-16-19-22-25-27-29-30-33-35-38-41-44-47-50-55(65-59(64)52-49-46-43-40-37-34-31-28-26-23-20-17-14-11-8-5-2)53-58(63)60-56(54-61)57(62)51-48-45-42-39-36-32-24-21-18-15-12-9-6-3/h7,10,16,19,25,27-28,30-31,33,38,41,47,50,55-57,61-62H,4-6,8-9,11-15,17-18,20-24,26,29,32,34-37,39-40,42-46,48-49,51-54H2,1-3H3,(H,60,63)/b10-7-,19-16-,27-25-,31-28+,33-30-,41-38-,50-47-. The van der Waals surface area contributed by atoms with E-state index in [0.29, 0.717) is 19.3 Å². The Labute approximate surface area is 402 Å². The molecule has 6 heteroatoms. The lowest BCUT2D eigenvalue weighted by molar-refractivity contribution is -0.148. The van der Waals surface area contributed by atoms with E-state index in [2.05, 4.69) is 99.0 Å². The maximum atomic E-state index is 13.2. The van der Waals surface area contributed by atoms with Gasteiger partial charge in [0.1, 0.15) is 6.10 Å². The molecule has 0 aromatic carbocycles. The van der Waals surface area contributed by atoms with Crippen molar-refractivity contribution in [1.29, 1.82) is 0 Å². The zero-order chi connectivity index (χ0) is 47.4. The lowest BCUT2D eigenvalue weighted by atomic mass is 10.0. The number of carbonyl (C=O) groups is 2. The average Bonchev–Trinajstić information content (AvgIpc) is 3.30. The van der Waals surface area contributed by atoms with E-state index in [1.54, 1.807) is 6.08 Å². The smallest absolute Gasteiger partial charge is 0.306 e. The third-order valence-corrected chi connectivity index (χ3v) is 12.0. The highest BCUT2D eigenvalue weighted by Gasteiger charge is 2.23. The Balaban J connectivity index is 4.77. The number of amides is 1. The minimum atomic E-state index is -0.825. The maximum Gasteiger partial charge on any atom is 0.306 e. The van der Waals surface area contributed by atoms with Crippen molar-refractivity contribution in [1.82, 2.24) is 5.32 Å². The Hall–Kier alpha value is -2.96. The molecule has 0 rings (SSSR count). The molecule has 0 saturated carbocycles. The van der Waals surface area contributed by atoms with E-state index in [1.165, 1.54) is 122 Å². The molecule has 3 N–H and O–H groups in total. The van der Waals surface area contributed by atoms with Crippen LogP contribution in [0.1, 0.15) is 252 Å². The summed E-state index contributed by atoms with van der Waals surface area (Å²) in [5, 5.41) is 23.7. The van der Waals surface area contributed by atoms with Crippen LogP contribution in [0.15, 0.2) is 85.1 Å². The third-order valence-electron chi connectivity index (χ3n) is 12.0. The van der Waals surface area contributed by atoms with Crippen molar-refractivity contribution in [2.45, 2.75) is 270 Å². The molecule has 3 unspecified atom stereocenters. The first-order valence-electron chi connectivity index (χ1n) is 27.3. The molecule has 3 atom stereocenters. The first kappa shape index (κ1) is 62.0. The number of aliphatic hydroxyl groups is 2. The fourth-order valence-electron chi connectivity index (χ4n) is 7.83. The van der Waals surface area contributed by atoms with E-state index in [9.17, 15) is 19.8 Å². The minimum absolute atomic E-state index is 0.0532. The van der Waals surface area contributed by atoms with Gasteiger partial charge in [-0.05, 0) is 83.1 Å². The van der Waals surface area contributed by atoms with Crippen molar-refractivity contribution < 1.29 is 24.5 Å². The zero-order valence-electron chi connectivity index (χ0n) is 42.6. The van der Waals surface area contributed by atoms with Crippen molar-refractivity contribution >= 4 is 11.9 Å². The number of rotatable bonds is 48. The van der Waals surface area contributed by atoms with Gasteiger partial charge in [-0.1, -0.05) is 241 Å². The molecule has 6 nitrogen and oxygen atoms in total. The summed E-state index contributed by atoms with van der Waals surface area (Å²) in [6.45, 7) is 6.33. The maximum absolute atomic E-state index is 13.2. The molecule has 0 radical (unpaired) electrons. The lowest BCUT2D eigenvalue weighted by Crippen LogP contribution is -2.46. The Bertz CT molecular complexity index is 1250. The molecule has 1 amide bonds. The van der Waals surface area contributed by atoms with Gasteiger partial charge in [-0.3, -0.25) is 9.59 Å². The fraction of sp³-hybridized carbons (Fsp3) is 0.729. The predicted octanol–water partition coefficient (Wildman–Crippen LogP) is 16.7. The highest BCUT2D eigenvalue weighted by Crippen LogP contribution is 2.16. The van der Waals surface area contributed by atoms with Gasteiger partial charge in [0.2, 0.25) is 5.91 Å². The van der Waals surface area contributed by atoms with Gasteiger partial charge in [-0.2, -0.15) is 0 Å². The van der Waals surface area contributed by atoms with Crippen LogP contribution in [0, 0.1) is 0 Å². The van der Waals surface area contributed by atoms with Gasteiger partial charge in [0.25, 0.3) is 0 Å². The molecule has 0 aliphatic rings. The topological polar surface area (TPSA) is 95.9 Å². The number of carbonyl (C=O) groups excluding carboxylic acids is 2. The van der Waals surface area contributed by atoms with Gasteiger partial charge < -0.3 is 20.3 Å². The molecule has 0 aliphatic carbocycles. The van der Waals surface area contributed by atoms with E-state index in [0.717, 1.165) is 83.5 Å². The molecule has 0 aromatic rings. The number of unbranched alkanes of at least 4 members (excludes halogenated alkanes) is 24. The summed E-state index contributed by atoms with van der Waals surface area (Å²) < 4.78 is 5.83. The van der Waals surface area contributed by atoms with E-state index < -0.39 is 18.2 Å². The summed E-state index contributed by atoms with van der Waals surface area (Å²) in [7, 11) is 0. The van der Waals surface area contributed by atoms with Crippen LogP contribution in [0.25, 0.3) is 0 Å². The van der Waals surface area contributed by atoms with Crippen LogP contribution >= 0.6 is 0 Å². The minimum Gasteiger partial charge on any atom is -0.458 e. The summed E-state index contributed by atoms with van der Waals surface area (Å²) in [6.07, 6.45) is 68.2.